The van der Waals surface area contributed by atoms with Crippen LogP contribution in [0, 0.1) is 0 Å². The zero-order valence-electron chi connectivity index (χ0n) is 52.3. The minimum absolute atomic E-state index is 0.0932. The quantitative estimate of drug-likeness (QED) is 0.0261. The Morgan fingerprint density at radius 3 is 0.787 bits per heavy atom. The van der Waals surface area contributed by atoms with Crippen molar-refractivity contribution in [3.63, 3.8) is 0 Å². The van der Waals surface area contributed by atoms with E-state index in [0.717, 1.165) is 148 Å². The summed E-state index contributed by atoms with van der Waals surface area (Å²) in [5.74, 6) is -0.922. The van der Waals surface area contributed by atoms with Crippen molar-refractivity contribution >= 4 is 17.9 Å². The van der Waals surface area contributed by atoms with E-state index in [1.165, 1.54) is 122 Å². The third-order valence-electron chi connectivity index (χ3n) is 14.2. The fourth-order valence-corrected chi connectivity index (χ4v) is 9.20. The molecule has 80 heavy (non-hydrogen) atoms. The summed E-state index contributed by atoms with van der Waals surface area (Å²) < 4.78 is 16.9. The van der Waals surface area contributed by atoms with Gasteiger partial charge in [0.15, 0.2) is 6.10 Å². The molecule has 0 saturated heterocycles. The van der Waals surface area contributed by atoms with Crippen molar-refractivity contribution in [2.24, 2.45) is 0 Å². The van der Waals surface area contributed by atoms with E-state index in [9.17, 15) is 14.4 Å². The van der Waals surface area contributed by atoms with E-state index in [2.05, 4.69) is 142 Å². The van der Waals surface area contributed by atoms with Crippen LogP contribution in [-0.4, -0.2) is 37.2 Å². The number of rotatable bonds is 60. The number of hydrogen-bond acceptors (Lipinski definition) is 6. The second-order valence-electron chi connectivity index (χ2n) is 22.0. The first-order chi connectivity index (χ1) is 39.5. The molecule has 0 aromatic rings. The molecule has 0 aromatic heterocycles. The van der Waals surface area contributed by atoms with Gasteiger partial charge in [0.25, 0.3) is 0 Å². The predicted molar refractivity (Wildman–Crippen MR) is 348 cm³/mol. The average molecular weight is 1110 g/mol. The zero-order valence-corrected chi connectivity index (χ0v) is 52.3. The fourth-order valence-electron chi connectivity index (χ4n) is 9.20. The molecule has 456 valence electrons. The SMILES string of the molecule is CC/C=C\C/C=C\C/C=C\C/C=C\C/C=C\C/C=C\C/C=C\C/C=C\CCCCCCC(=O)OCC(COC(=O)CCCCCCC/C=C\C/C=C\CCCCC)OC(=O)CCCCCCCCCCCCCCCCCCCC. The summed E-state index contributed by atoms with van der Waals surface area (Å²) in [7, 11) is 0. The molecule has 6 heteroatoms. The van der Waals surface area contributed by atoms with Crippen LogP contribution in [0.15, 0.2) is 122 Å². The van der Waals surface area contributed by atoms with Crippen LogP contribution >= 0.6 is 0 Å². The third-order valence-corrected chi connectivity index (χ3v) is 14.2. The van der Waals surface area contributed by atoms with Crippen molar-refractivity contribution in [1.82, 2.24) is 0 Å². The summed E-state index contributed by atoms with van der Waals surface area (Å²) in [5, 5.41) is 0. The lowest BCUT2D eigenvalue weighted by atomic mass is 10.0. The number of unbranched alkanes of at least 4 members (excludes halogenated alkanes) is 29. The smallest absolute Gasteiger partial charge is 0.306 e. The van der Waals surface area contributed by atoms with Gasteiger partial charge in [-0.05, 0) is 116 Å². The highest BCUT2D eigenvalue weighted by Crippen LogP contribution is 2.16. The van der Waals surface area contributed by atoms with Gasteiger partial charge in [0.05, 0.1) is 0 Å². The minimum atomic E-state index is -0.797. The van der Waals surface area contributed by atoms with Gasteiger partial charge in [0.1, 0.15) is 13.2 Å². The Hall–Kier alpha value is -4.19. The summed E-state index contributed by atoms with van der Waals surface area (Å²) in [6.45, 7) is 6.49. The fraction of sp³-hybridized carbons (Fsp3) is 0.689. The number of carbonyl (C=O) groups excluding carboxylic acids is 3. The largest absolute Gasteiger partial charge is 0.462 e. The van der Waals surface area contributed by atoms with E-state index in [0.29, 0.717) is 19.3 Å². The summed E-state index contributed by atoms with van der Waals surface area (Å²) >= 11 is 0. The predicted octanol–water partition coefficient (Wildman–Crippen LogP) is 23.2. The number of hydrogen-bond donors (Lipinski definition) is 0. The van der Waals surface area contributed by atoms with Gasteiger partial charge in [-0.1, -0.05) is 296 Å². The van der Waals surface area contributed by atoms with Crippen molar-refractivity contribution in [2.75, 3.05) is 13.2 Å². The van der Waals surface area contributed by atoms with Crippen molar-refractivity contribution in [3.05, 3.63) is 122 Å². The lowest BCUT2D eigenvalue weighted by molar-refractivity contribution is -0.167. The van der Waals surface area contributed by atoms with E-state index in [1.807, 2.05) is 0 Å². The molecular weight excluding hydrogens is 985 g/mol. The number of ether oxygens (including phenoxy) is 3. The first-order valence-electron chi connectivity index (χ1n) is 33.5. The highest BCUT2D eigenvalue weighted by atomic mass is 16.6. The van der Waals surface area contributed by atoms with Gasteiger partial charge in [-0.15, -0.1) is 0 Å². The van der Waals surface area contributed by atoms with Crippen molar-refractivity contribution in [3.8, 4) is 0 Å². The van der Waals surface area contributed by atoms with Crippen LogP contribution in [-0.2, 0) is 28.6 Å². The van der Waals surface area contributed by atoms with Crippen LogP contribution in [0.25, 0.3) is 0 Å². The van der Waals surface area contributed by atoms with Gasteiger partial charge in [-0.2, -0.15) is 0 Å². The Morgan fingerprint density at radius 1 is 0.263 bits per heavy atom. The van der Waals surface area contributed by atoms with E-state index >= 15 is 0 Å². The molecule has 0 rings (SSSR count). The van der Waals surface area contributed by atoms with E-state index in [-0.39, 0.29) is 31.1 Å². The summed E-state index contributed by atoms with van der Waals surface area (Å²) in [5.41, 5.74) is 0. The highest BCUT2D eigenvalue weighted by Gasteiger charge is 2.19. The first kappa shape index (κ1) is 75.8. The second kappa shape index (κ2) is 67.3. The molecule has 0 heterocycles. The Morgan fingerprint density at radius 2 is 0.487 bits per heavy atom. The lowest BCUT2D eigenvalue weighted by Crippen LogP contribution is -2.30. The molecule has 0 aromatic carbocycles. The molecule has 6 nitrogen and oxygen atoms in total. The molecule has 0 saturated carbocycles. The average Bonchev–Trinajstić information content (AvgIpc) is 3.46. The molecule has 1 atom stereocenters. The normalized spacial score (nSPS) is 12.9. The minimum Gasteiger partial charge on any atom is -0.462 e. The van der Waals surface area contributed by atoms with Crippen molar-refractivity contribution in [1.29, 1.82) is 0 Å². The molecule has 0 amide bonds. The molecule has 0 N–H and O–H groups in total. The molecule has 0 aliphatic carbocycles. The number of allylic oxidation sites excluding steroid dienone is 20. The Balaban J connectivity index is 4.40. The van der Waals surface area contributed by atoms with Crippen LogP contribution < -0.4 is 0 Å². The van der Waals surface area contributed by atoms with Gasteiger partial charge in [-0.3, -0.25) is 14.4 Å². The Labute approximate surface area is 494 Å². The second-order valence-corrected chi connectivity index (χ2v) is 22.0. The van der Waals surface area contributed by atoms with Crippen LogP contribution in [0.2, 0.25) is 0 Å². The topological polar surface area (TPSA) is 78.9 Å². The molecule has 0 radical (unpaired) electrons. The standard InChI is InChI=1S/C74H124O6/c1-4-7-10-13-16-19-22-25-28-30-32-33-34-35-36-37-38-39-40-41-42-44-46-49-52-55-58-61-64-67-73(76)79-70-71(69-78-72(75)66-63-60-57-54-51-48-45-27-24-21-18-15-12-9-6-3)80-74(77)68-65-62-59-56-53-50-47-43-31-29-26-23-20-17-14-11-8-5-2/h7,10,16,18-19,21,25,27-28,32-33,35-36,38-39,41-42,45-46,49,71H,4-6,8-9,11-15,17,20,22-24,26,29-31,34,37,40,43-44,47-48,50-70H2,1-3H3/b10-7-,19-16-,21-18-,28-25-,33-32-,36-35-,39-38-,42-41-,45-27-,49-46-. The molecule has 0 bridgehead atoms. The third kappa shape index (κ3) is 64.6. The van der Waals surface area contributed by atoms with Gasteiger partial charge in [0, 0.05) is 19.3 Å². The van der Waals surface area contributed by atoms with Gasteiger partial charge >= 0.3 is 17.9 Å². The summed E-state index contributed by atoms with van der Waals surface area (Å²) in [6.07, 6.45) is 93.5. The molecule has 0 spiro atoms. The number of carbonyl (C=O) groups is 3. The maximum Gasteiger partial charge on any atom is 0.306 e. The van der Waals surface area contributed by atoms with Gasteiger partial charge in [-0.25, -0.2) is 0 Å². The van der Waals surface area contributed by atoms with Crippen LogP contribution in [0.5, 0.6) is 0 Å². The monoisotopic (exact) mass is 1110 g/mol. The van der Waals surface area contributed by atoms with Gasteiger partial charge in [0.2, 0.25) is 0 Å². The Kier molecular flexibility index (Phi) is 63.8. The van der Waals surface area contributed by atoms with Crippen molar-refractivity contribution < 1.29 is 28.6 Å². The first-order valence-corrected chi connectivity index (χ1v) is 33.5. The lowest BCUT2D eigenvalue weighted by Gasteiger charge is -2.18. The molecule has 0 fully saturated rings. The summed E-state index contributed by atoms with van der Waals surface area (Å²) in [4.78, 5) is 38.4. The van der Waals surface area contributed by atoms with Gasteiger partial charge < -0.3 is 14.2 Å². The molecular formula is C74H124O6. The van der Waals surface area contributed by atoms with Crippen molar-refractivity contribution in [2.45, 2.75) is 316 Å². The van der Waals surface area contributed by atoms with E-state index in [1.54, 1.807) is 0 Å². The van der Waals surface area contributed by atoms with E-state index in [4.69, 9.17) is 14.2 Å². The van der Waals surface area contributed by atoms with Crippen LogP contribution in [0.3, 0.4) is 0 Å². The molecule has 1 unspecified atom stereocenters. The van der Waals surface area contributed by atoms with Crippen LogP contribution in [0.4, 0.5) is 0 Å². The molecule has 0 aliphatic rings. The summed E-state index contributed by atoms with van der Waals surface area (Å²) in [6, 6.07) is 0. The maximum atomic E-state index is 12.9. The van der Waals surface area contributed by atoms with Crippen LogP contribution in [0.1, 0.15) is 310 Å². The number of esters is 3. The Bertz CT molecular complexity index is 1650. The maximum absolute atomic E-state index is 12.9. The zero-order chi connectivity index (χ0) is 57.8. The van der Waals surface area contributed by atoms with E-state index < -0.39 is 6.10 Å². The molecule has 0 aliphatic heterocycles. The highest BCUT2D eigenvalue weighted by molar-refractivity contribution is 5.71.